The second-order valence-electron chi connectivity index (χ2n) is 4.26. The van der Waals surface area contributed by atoms with Crippen LogP contribution in [0, 0.1) is 22.3 Å². The number of hydrogen-bond donors (Lipinski definition) is 0. The summed E-state index contributed by atoms with van der Waals surface area (Å²) in [6.45, 7) is 6.93. The summed E-state index contributed by atoms with van der Waals surface area (Å²) >= 11 is 5.56. The molecule has 90 valence electrons. The van der Waals surface area contributed by atoms with Gasteiger partial charge in [-0.2, -0.15) is 0 Å². The summed E-state index contributed by atoms with van der Waals surface area (Å²) in [5, 5.41) is 0.904. The Balaban J connectivity index is 2.98. The van der Waals surface area contributed by atoms with Crippen molar-refractivity contribution in [2.45, 2.75) is 27.3 Å². The highest BCUT2D eigenvalue weighted by molar-refractivity contribution is 14.1. The lowest BCUT2D eigenvalue weighted by molar-refractivity contribution is 0.366. The second kappa shape index (κ2) is 6.14. The molecular formula is C11H16BrIN2O. The van der Waals surface area contributed by atoms with Crippen LogP contribution >= 0.6 is 38.5 Å². The smallest absolute Gasteiger partial charge is 0.267 e. The van der Waals surface area contributed by atoms with Crippen LogP contribution in [0.3, 0.4) is 0 Å². The fraction of sp³-hybridized carbons (Fsp3) is 0.636. The molecule has 1 heterocycles. The average molecular weight is 399 g/mol. The van der Waals surface area contributed by atoms with Crippen molar-refractivity contribution in [1.82, 2.24) is 9.55 Å². The summed E-state index contributed by atoms with van der Waals surface area (Å²) in [6, 6.07) is 0. The van der Waals surface area contributed by atoms with E-state index in [0.29, 0.717) is 11.8 Å². The van der Waals surface area contributed by atoms with E-state index in [1.807, 2.05) is 6.92 Å². The highest BCUT2D eigenvalue weighted by Crippen LogP contribution is 2.15. The van der Waals surface area contributed by atoms with Gasteiger partial charge < -0.3 is 0 Å². The zero-order chi connectivity index (χ0) is 12.3. The summed E-state index contributed by atoms with van der Waals surface area (Å²) in [5.74, 6) is 1.00. The van der Waals surface area contributed by atoms with Crippen LogP contribution in [0.25, 0.3) is 0 Å². The van der Waals surface area contributed by atoms with Crippen LogP contribution in [0.4, 0.5) is 0 Å². The molecule has 1 aromatic heterocycles. The Morgan fingerprint density at radius 1 is 1.56 bits per heavy atom. The topological polar surface area (TPSA) is 34.9 Å². The Kier molecular flexibility index (Phi) is 5.43. The van der Waals surface area contributed by atoms with Crippen LogP contribution in [0.15, 0.2) is 11.1 Å². The first-order chi connectivity index (χ1) is 7.47. The predicted molar refractivity (Wildman–Crippen MR) is 78.1 cm³/mol. The van der Waals surface area contributed by atoms with Gasteiger partial charge in [0.05, 0.1) is 15.6 Å². The quantitative estimate of drug-likeness (QED) is 0.577. The third kappa shape index (κ3) is 3.29. The Morgan fingerprint density at radius 3 is 2.69 bits per heavy atom. The molecule has 0 saturated heterocycles. The van der Waals surface area contributed by atoms with E-state index < -0.39 is 0 Å². The zero-order valence-electron chi connectivity index (χ0n) is 9.70. The molecule has 16 heavy (non-hydrogen) atoms. The van der Waals surface area contributed by atoms with E-state index in [1.165, 1.54) is 0 Å². The van der Waals surface area contributed by atoms with Crippen molar-refractivity contribution in [3.63, 3.8) is 0 Å². The molecule has 1 unspecified atom stereocenters. The van der Waals surface area contributed by atoms with Crippen molar-refractivity contribution in [3.05, 3.63) is 25.9 Å². The number of rotatable bonds is 4. The normalized spacial score (nSPS) is 13.1. The molecule has 0 saturated carbocycles. The zero-order valence-corrected chi connectivity index (χ0v) is 13.4. The average Bonchev–Trinajstić information content (AvgIpc) is 2.25. The van der Waals surface area contributed by atoms with Crippen LogP contribution in [-0.2, 0) is 6.54 Å². The van der Waals surface area contributed by atoms with E-state index >= 15 is 0 Å². The number of aryl methyl sites for hydroxylation is 1. The number of nitrogens with zero attached hydrogens (tertiary/aromatic N) is 2. The third-order valence-electron chi connectivity index (χ3n) is 2.73. The molecule has 0 bridgehead atoms. The maximum absolute atomic E-state index is 12.0. The molecule has 1 aromatic rings. The van der Waals surface area contributed by atoms with Gasteiger partial charge >= 0.3 is 0 Å². The largest absolute Gasteiger partial charge is 0.298 e. The molecule has 3 nitrogen and oxygen atoms in total. The van der Waals surface area contributed by atoms with Crippen LogP contribution in [0.2, 0.25) is 0 Å². The van der Waals surface area contributed by atoms with Gasteiger partial charge in [-0.25, -0.2) is 4.98 Å². The first kappa shape index (κ1) is 14.2. The molecule has 0 aliphatic carbocycles. The monoisotopic (exact) mass is 398 g/mol. The van der Waals surface area contributed by atoms with Crippen LogP contribution in [0.5, 0.6) is 0 Å². The molecule has 0 fully saturated rings. The number of alkyl halides is 1. The number of aromatic nitrogens is 2. The minimum Gasteiger partial charge on any atom is -0.298 e. The van der Waals surface area contributed by atoms with Gasteiger partial charge in [-0.05, 0) is 41.4 Å². The van der Waals surface area contributed by atoms with Gasteiger partial charge in [0.15, 0.2) is 0 Å². The summed E-state index contributed by atoms with van der Waals surface area (Å²) in [6.07, 6.45) is 1.65. The van der Waals surface area contributed by atoms with E-state index in [1.54, 1.807) is 10.9 Å². The molecule has 0 N–H and O–H groups in total. The first-order valence-electron chi connectivity index (χ1n) is 5.24. The van der Waals surface area contributed by atoms with Gasteiger partial charge in [-0.1, -0.05) is 29.8 Å². The van der Waals surface area contributed by atoms with Crippen molar-refractivity contribution >= 4 is 38.5 Å². The van der Waals surface area contributed by atoms with Crippen LogP contribution in [-0.4, -0.2) is 14.9 Å². The minimum atomic E-state index is 0.0692. The molecule has 5 heteroatoms. The van der Waals surface area contributed by atoms with Crippen molar-refractivity contribution in [2.24, 2.45) is 11.8 Å². The molecule has 1 rings (SSSR count). The van der Waals surface area contributed by atoms with E-state index in [9.17, 15) is 4.79 Å². The SMILES string of the molecule is Cc1ncn(CC(CBr)C(C)C)c(=O)c1I. The number of hydrogen-bond acceptors (Lipinski definition) is 2. The van der Waals surface area contributed by atoms with Crippen LogP contribution < -0.4 is 5.56 Å². The summed E-state index contributed by atoms with van der Waals surface area (Å²) in [4.78, 5) is 16.2. The Morgan fingerprint density at radius 2 is 2.19 bits per heavy atom. The van der Waals surface area contributed by atoms with Gasteiger partial charge in [-0.3, -0.25) is 9.36 Å². The van der Waals surface area contributed by atoms with Crippen molar-refractivity contribution in [1.29, 1.82) is 0 Å². The highest BCUT2D eigenvalue weighted by atomic mass is 127. The lowest BCUT2D eigenvalue weighted by Crippen LogP contribution is -2.29. The Bertz CT molecular complexity index is 417. The first-order valence-corrected chi connectivity index (χ1v) is 7.44. The van der Waals surface area contributed by atoms with E-state index in [4.69, 9.17) is 0 Å². The maximum atomic E-state index is 12.0. The molecule has 1 atom stereocenters. The predicted octanol–water partition coefficient (Wildman–Crippen LogP) is 2.82. The maximum Gasteiger partial charge on any atom is 0.267 e. The highest BCUT2D eigenvalue weighted by Gasteiger charge is 2.14. The van der Waals surface area contributed by atoms with Crippen molar-refractivity contribution < 1.29 is 0 Å². The Labute approximate surface area is 118 Å². The molecule has 0 aliphatic rings. The molecule has 0 spiro atoms. The molecular weight excluding hydrogens is 383 g/mol. The summed E-state index contributed by atoms with van der Waals surface area (Å²) in [7, 11) is 0. The number of halogens is 2. The van der Waals surface area contributed by atoms with Crippen LogP contribution in [0.1, 0.15) is 19.5 Å². The van der Waals surface area contributed by atoms with Gasteiger partial charge in [-0.15, -0.1) is 0 Å². The van der Waals surface area contributed by atoms with E-state index in [2.05, 4.69) is 57.4 Å². The van der Waals surface area contributed by atoms with Crippen molar-refractivity contribution in [2.75, 3.05) is 5.33 Å². The van der Waals surface area contributed by atoms with E-state index in [0.717, 1.165) is 21.1 Å². The molecule has 0 amide bonds. The molecule has 0 aliphatic heterocycles. The Hall–Kier alpha value is 0.0900. The minimum absolute atomic E-state index is 0.0692. The summed E-state index contributed by atoms with van der Waals surface area (Å²) in [5.41, 5.74) is 0.876. The lowest BCUT2D eigenvalue weighted by Gasteiger charge is -2.19. The van der Waals surface area contributed by atoms with Gasteiger partial charge in [0.2, 0.25) is 0 Å². The fourth-order valence-corrected chi connectivity index (χ4v) is 2.77. The van der Waals surface area contributed by atoms with Crippen molar-refractivity contribution in [3.8, 4) is 0 Å². The second-order valence-corrected chi connectivity index (χ2v) is 5.99. The third-order valence-corrected chi connectivity index (χ3v) is 4.80. The van der Waals surface area contributed by atoms with E-state index in [-0.39, 0.29) is 5.56 Å². The molecule has 0 aromatic carbocycles. The lowest BCUT2D eigenvalue weighted by atomic mass is 9.98. The standard InChI is InChI=1S/C11H16BrIN2O/c1-7(2)9(4-12)5-15-6-14-8(3)10(13)11(15)16/h6-7,9H,4-5H2,1-3H3. The molecule has 0 radical (unpaired) electrons. The van der Waals surface area contributed by atoms with Gasteiger partial charge in [0.1, 0.15) is 0 Å². The fourth-order valence-electron chi connectivity index (χ4n) is 1.37. The van der Waals surface area contributed by atoms with Gasteiger partial charge in [0.25, 0.3) is 5.56 Å². The summed E-state index contributed by atoms with van der Waals surface area (Å²) < 4.78 is 2.43. The van der Waals surface area contributed by atoms with Gasteiger partial charge in [0, 0.05) is 11.9 Å².